The van der Waals surface area contributed by atoms with Crippen molar-refractivity contribution in [2.24, 2.45) is 5.92 Å². The third-order valence-electron chi connectivity index (χ3n) is 3.23. The van der Waals surface area contributed by atoms with Crippen LogP contribution in [-0.2, 0) is 11.2 Å². The second-order valence-corrected chi connectivity index (χ2v) is 4.86. The molecule has 1 rings (SSSR count). The topological polar surface area (TPSA) is 49.3 Å². The summed E-state index contributed by atoms with van der Waals surface area (Å²) in [6.45, 7) is 5.93. The van der Waals surface area contributed by atoms with Crippen LogP contribution in [-0.4, -0.2) is 17.6 Å². The van der Waals surface area contributed by atoms with Gasteiger partial charge in [0.15, 0.2) is 0 Å². The maximum Gasteiger partial charge on any atom is 0.227 e. The van der Waals surface area contributed by atoms with Crippen LogP contribution in [0.4, 0.5) is 5.69 Å². The van der Waals surface area contributed by atoms with E-state index >= 15 is 0 Å². The largest absolute Gasteiger partial charge is 0.384 e. The fourth-order valence-electron chi connectivity index (χ4n) is 2.05. The summed E-state index contributed by atoms with van der Waals surface area (Å²) in [4.78, 5) is 12.1. The van der Waals surface area contributed by atoms with E-state index in [1.54, 1.807) is 0 Å². The maximum atomic E-state index is 12.1. The lowest BCUT2D eigenvalue weighted by Crippen LogP contribution is -2.21. The molecule has 0 spiro atoms. The Morgan fingerprint density at radius 2 is 2.15 bits per heavy atom. The molecule has 0 heterocycles. The van der Waals surface area contributed by atoms with Gasteiger partial charge in [-0.05, 0) is 36.6 Å². The third kappa shape index (κ3) is 4.71. The molecule has 0 saturated heterocycles. The number of rotatable bonds is 5. The van der Waals surface area contributed by atoms with Crippen LogP contribution >= 0.6 is 0 Å². The van der Waals surface area contributed by atoms with E-state index in [2.05, 4.69) is 24.1 Å². The molecule has 0 bridgehead atoms. The molecule has 108 valence electrons. The molecule has 2 N–H and O–H groups in total. The molecule has 0 fully saturated rings. The Hall–Kier alpha value is -1.79. The first kappa shape index (κ1) is 16.3. The Kier molecular flexibility index (Phi) is 6.83. The Morgan fingerprint density at radius 3 is 2.75 bits per heavy atom. The summed E-state index contributed by atoms with van der Waals surface area (Å²) >= 11 is 0. The average molecular weight is 273 g/mol. The van der Waals surface area contributed by atoms with Gasteiger partial charge in [-0.15, -0.1) is 0 Å². The van der Waals surface area contributed by atoms with Crippen LogP contribution in [0.1, 0.15) is 44.7 Å². The van der Waals surface area contributed by atoms with Crippen LogP contribution in [0.2, 0.25) is 0 Å². The zero-order chi connectivity index (χ0) is 15.0. The Morgan fingerprint density at radius 1 is 1.40 bits per heavy atom. The van der Waals surface area contributed by atoms with Crippen molar-refractivity contribution >= 4 is 11.6 Å². The summed E-state index contributed by atoms with van der Waals surface area (Å²) in [7, 11) is 0. The molecule has 1 aromatic carbocycles. The van der Waals surface area contributed by atoms with E-state index in [-0.39, 0.29) is 18.4 Å². The number of aryl methyl sites for hydroxylation is 1. The molecule has 0 aliphatic carbocycles. The minimum Gasteiger partial charge on any atom is -0.384 e. The average Bonchev–Trinajstić information content (AvgIpc) is 2.46. The fraction of sp³-hybridized carbons (Fsp3) is 0.471. The SMILES string of the molecule is CCCC(C)C(=O)Nc1ccc(C#CCO)cc1CC. The van der Waals surface area contributed by atoms with Crippen LogP contribution in [0, 0.1) is 17.8 Å². The van der Waals surface area contributed by atoms with Crippen molar-refractivity contribution in [3.63, 3.8) is 0 Å². The summed E-state index contributed by atoms with van der Waals surface area (Å²) in [5.41, 5.74) is 2.78. The third-order valence-corrected chi connectivity index (χ3v) is 3.23. The van der Waals surface area contributed by atoms with Gasteiger partial charge in [0.1, 0.15) is 6.61 Å². The van der Waals surface area contributed by atoms with Crippen molar-refractivity contribution in [3.8, 4) is 11.8 Å². The highest BCUT2D eigenvalue weighted by atomic mass is 16.2. The fourth-order valence-corrected chi connectivity index (χ4v) is 2.05. The Bertz CT molecular complexity index is 511. The van der Waals surface area contributed by atoms with E-state index in [0.717, 1.165) is 36.1 Å². The van der Waals surface area contributed by atoms with Crippen LogP contribution in [0.15, 0.2) is 18.2 Å². The number of anilines is 1. The quantitative estimate of drug-likeness (QED) is 0.810. The number of hydrogen-bond donors (Lipinski definition) is 2. The summed E-state index contributed by atoms with van der Waals surface area (Å²) in [6.07, 6.45) is 2.73. The van der Waals surface area contributed by atoms with Crippen LogP contribution in [0.5, 0.6) is 0 Å². The molecule has 1 atom stereocenters. The van der Waals surface area contributed by atoms with Crippen LogP contribution in [0.25, 0.3) is 0 Å². The van der Waals surface area contributed by atoms with Gasteiger partial charge in [-0.3, -0.25) is 4.79 Å². The summed E-state index contributed by atoms with van der Waals surface area (Å²) in [5.74, 6) is 5.60. The van der Waals surface area contributed by atoms with Gasteiger partial charge < -0.3 is 10.4 Å². The molecule has 0 aliphatic heterocycles. The first-order valence-corrected chi connectivity index (χ1v) is 7.15. The number of carbonyl (C=O) groups is 1. The number of amides is 1. The first-order valence-electron chi connectivity index (χ1n) is 7.15. The van der Waals surface area contributed by atoms with Crippen molar-refractivity contribution in [1.29, 1.82) is 0 Å². The van der Waals surface area contributed by atoms with Gasteiger partial charge in [0, 0.05) is 17.2 Å². The number of aliphatic hydroxyl groups excluding tert-OH is 1. The zero-order valence-electron chi connectivity index (χ0n) is 12.5. The van der Waals surface area contributed by atoms with Gasteiger partial charge in [-0.25, -0.2) is 0 Å². The molecule has 0 aliphatic rings. The molecule has 1 unspecified atom stereocenters. The molecule has 0 aromatic heterocycles. The van der Waals surface area contributed by atoms with E-state index in [9.17, 15) is 4.79 Å². The van der Waals surface area contributed by atoms with Crippen molar-refractivity contribution in [2.75, 3.05) is 11.9 Å². The highest BCUT2D eigenvalue weighted by molar-refractivity contribution is 5.93. The molecular formula is C17H23NO2. The molecule has 3 nitrogen and oxygen atoms in total. The number of hydrogen-bond acceptors (Lipinski definition) is 2. The monoisotopic (exact) mass is 273 g/mol. The lowest BCUT2D eigenvalue weighted by Gasteiger charge is -2.14. The smallest absolute Gasteiger partial charge is 0.227 e. The van der Waals surface area contributed by atoms with E-state index in [4.69, 9.17) is 5.11 Å². The predicted octanol–water partition coefficient (Wildman–Crippen LogP) is 2.97. The Balaban J connectivity index is 2.87. The lowest BCUT2D eigenvalue weighted by atomic mass is 10.0. The van der Waals surface area contributed by atoms with Gasteiger partial charge in [0.2, 0.25) is 5.91 Å². The second kappa shape index (κ2) is 8.39. The lowest BCUT2D eigenvalue weighted by molar-refractivity contribution is -0.119. The number of aliphatic hydroxyl groups is 1. The van der Waals surface area contributed by atoms with Gasteiger partial charge in [0.25, 0.3) is 0 Å². The standard InChI is InChI=1S/C17H23NO2/c1-4-7-13(3)17(20)18-16-10-9-14(8-6-11-19)12-15(16)5-2/h9-10,12-13,19H,4-5,7,11H2,1-3H3,(H,18,20). The second-order valence-electron chi connectivity index (χ2n) is 4.86. The van der Waals surface area contributed by atoms with Crippen molar-refractivity contribution in [2.45, 2.75) is 40.0 Å². The van der Waals surface area contributed by atoms with E-state index in [1.807, 2.05) is 32.0 Å². The molecular weight excluding hydrogens is 250 g/mol. The van der Waals surface area contributed by atoms with Gasteiger partial charge in [-0.1, -0.05) is 39.0 Å². The van der Waals surface area contributed by atoms with E-state index < -0.39 is 0 Å². The molecule has 3 heteroatoms. The Labute approximate surface area is 121 Å². The zero-order valence-corrected chi connectivity index (χ0v) is 12.5. The normalized spacial score (nSPS) is 11.4. The summed E-state index contributed by atoms with van der Waals surface area (Å²) in [6, 6.07) is 5.71. The molecule has 1 aromatic rings. The highest BCUT2D eigenvalue weighted by Gasteiger charge is 2.13. The minimum atomic E-state index is -0.144. The molecule has 1 amide bonds. The number of benzene rings is 1. The molecule has 0 saturated carbocycles. The predicted molar refractivity (Wildman–Crippen MR) is 82.5 cm³/mol. The molecule has 0 radical (unpaired) electrons. The van der Waals surface area contributed by atoms with Gasteiger partial charge in [-0.2, -0.15) is 0 Å². The van der Waals surface area contributed by atoms with Crippen LogP contribution in [0.3, 0.4) is 0 Å². The number of carbonyl (C=O) groups excluding carboxylic acids is 1. The van der Waals surface area contributed by atoms with Crippen molar-refractivity contribution in [1.82, 2.24) is 0 Å². The number of nitrogens with one attached hydrogen (secondary N) is 1. The van der Waals surface area contributed by atoms with Gasteiger partial charge in [0.05, 0.1) is 0 Å². The first-order chi connectivity index (χ1) is 9.62. The van der Waals surface area contributed by atoms with E-state index in [0.29, 0.717) is 0 Å². The van der Waals surface area contributed by atoms with Crippen LogP contribution < -0.4 is 5.32 Å². The van der Waals surface area contributed by atoms with Crippen molar-refractivity contribution < 1.29 is 9.90 Å². The maximum absolute atomic E-state index is 12.1. The van der Waals surface area contributed by atoms with E-state index in [1.165, 1.54) is 0 Å². The summed E-state index contributed by atoms with van der Waals surface area (Å²) in [5, 5.41) is 11.7. The van der Waals surface area contributed by atoms with Gasteiger partial charge >= 0.3 is 0 Å². The summed E-state index contributed by atoms with van der Waals surface area (Å²) < 4.78 is 0. The van der Waals surface area contributed by atoms with Crippen molar-refractivity contribution in [3.05, 3.63) is 29.3 Å². The molecule has 20 heavy (non-hydrogen) atoms. The minimum absolute atomic E-state index is 0.0264. The highest BCUT2D eigenvalue weighted by Crippen LogP contribution is 2.19.